The molecule has 0 radical (unpaired) electrons. The third-order valence-electron chi connectivity index (χ3n) is 3.66. The van der Waals surface area contributed by atoms with E-state index >= 15 is 0 Å². The summed E-state index contributed by atoms with van der Waals surface area (Å²) < 4.78 is 6.27. The second kappa shape index (κ2) is 9.09. The lowest BCUT2D eigenvalue weighted by atomic mass is 10.2. The smallest absolute Gasteiger partial charge is 0.338 e. The van der Waals surface area contributed by atoms with E-state index in [0.717, 1.165) is 14.8 Å². The molecule has 0 aliphatic heterocycles. The Morgan fingerprint density at radius 1 is 1.19 bits per heavy atom. The van der Waals surface area contributed by atoms with Gasteiger partial charge < -0.3 is 10.1 Å². The molecule has 1 aromatic heterocycles. The summed E-state index contributed by atoms with van der Waals surface area (Å²) in [5, 5.41) is 5.33. The van der Waals surface area contributed by atoms with Crippen LogP contribution in [0, 0.1) is 10.5 Å². The van der Waals surface area contributed by atoms with Gasteiger partial charge in [0, 0.05) is 14.6 Å². The lowest BCUT2D eigenvalue weighted by molar-refractivity contribution is -0.115. The Bertz CT molecular complexity index is 954. The molecule has 0 fully saturated rings. The zero-order valence-electron chi connectivity index (χ0n) is 14.6. The molecule has 7 heteroatoms. The normalized spacial score (nSPS) is 10.4. The number of anilines is 1. The number of thiazole rings is 1. The number of halogens is 1. The van der Waals surface area contributed by atoms with Gasteiger partial charge in [0.25, 0.3) is 0 Å². The number of ether oxygens (including phenoxy) is 1. The number of hydrogen-bond acceptors (Lipinski definition) is 5. The molecule has 0 aliphatic carbocycles. The Balaban J connectivity index is 1.51. The second-order valence-electron chi connectivity index (χ2n) is 5.91. The van der Waals surface area contributed by atoms with Gasteiger partial charge in [-0.05, 0) is 59.8 Å². The molecule has 0 aliphatic rings. The van der Waals surface area contributed by atoms with Gasteiger partial charge in [0.1, 0.15) is 11.6 Å². The molecule has 1 heterocycles. The van der Waals surface area contributed by atoms with E-state index in [1.165, 1.54) is 11.3 Å². The van der Waals surface area contributed by atoms with Gasteiger partial charge in [-0.1, -0.05) is 23.8 Å². The number of carbonyl (C=O) groups is 2. The van der Waals surface area contributed by atoms with E-state index in [4.69, 9.17) is 4.74 Å². The SMILES string of the molecule is Cc1ccc(NC(=O)Cc2nc(COC(=O)c3cccc(I)c3)cs2)cc1. The molecule has 2 aromatic carbocycles. The summed E-state index contributed by atoms with van der Waals surface area (Å²) in [6, 6.07) is 14.8. The summed E-state index contributed by atoms with van der Waals surface area (Å²) in [5.74, 6) is -0.518. The van der Waals surface area contributed by atoms with Crippen LogP contribution in [0.3, 0.4) is 0 Å². The van der Waals surface area contributed by atoms with Gasteiger partial charge in [-0.3, -0.25) is 4.79 Å². The highest BCUT2D eigenvalue weighted by molar-refractivity contribution is 14.1. The maximum atomic E-state index is 12.1. The van der Waals surface area contributed by atoms with Gasteiger partial charge in [0.2, 0.25) is 5.91 Å². The van der Waals surface area contributed by atoms with E-state index < -0.39 is 0 Å². The third kappa shape index (κ3) is 5.86. The summed E-state index contributed by atoms with van der Waals surface area (Å²) in [5.41, 5.74) is 3.04. The number of aryl methyl sites for hydroxylation is 1. The first kappa shape index (κ1) is 19.5. The summed E-state index contributed by atoms with van der Waals surface area (Å²) in [6.45, 7) is 2.08. The van der Waals surface area contributed by atoms with E-state index in [1.54, 1.807) is 17.5 Å². The van der Waals surface area contributed by atoms with E-state index in [2.05, 4.69) is 32.9 Å². The van der Waals surface area contributed by atoms with Crippen molar-refractivity contribution in [2.45, 2.75) is 20.0 Å². The van der Waals surface area contributed by atoms with Crippen molar-refractivity contribution in [3.05, 3.63) is 79.3 Å². The zero-order valence-corrected chi connectivity index (χ0v) is 17.5. The summed E-state index contributed by atoms with van der Waals surface area (Å²) in [6.07, 6.45) is 0.184. The second-order valence-corrected chi connectivity index (χ2v) is 8.10. The fraction of sp³-hybridized carbons (Fsp3) is 0.150. The molecule has 138 valence electrons. The van der Waals surface area contributed by atoms with Crippen LogP contribution in [0.25, 0.3) is 0 Å². The van der Waals surface area contributed by atoms with Crippen LogP contribution in [0.15, 0.2) is 53.9 Å². The first-order valence-corrected chi connectivity index (χ1v) is 10.2. The van der Waals surface area contributed by atoms with Crippen LogP contribution >= 0.6 is 33.9 Å². The Morgan fingerprint density at radius 2 is 1.96 bits per heavy atom. The van der Waals surface area contributed by atoms with Crippen molar-refractivity contribution in [1.29, 1.82) is 0 Å². The minimum absolute atomic E-state index is 0.0837. The number of rotatable bonds is 6. The molecule has 1 amide bonds. The lowest BCUT2D eigenvalue weighted by Gasteiger charge is -2.04. The highest BCUT2D eigenvalue weighted by Crippen LogP contribution is 2.15. The molecule has 0 bridgehead atoms. The maximum absolute atomic E-state index is 12.1. The number of nitrogens with one attached hydrogen (secondary N) is 1. The van der Waals surface area contributed by atoms with Gasteiger partial charge >= 0.3 is 5.97 Å². The summed E-state index contributed by atoms with van der Waals surface area (Å²) in [7, 11) is 0. The van der Waals surface area contributed by atoms with Gasteiger partial charge in [0.05, 0.1) is 17.7 Å². The third-order valence-corrected chi connectivity index (χ3v) is 5.23. The highest BCUT2D eigenvalue weighted by Gasteiger charge is 2.11. The first-order chi connectivity index (χ1) is 13.0. The van der Waals surface area contributed by atoms with Gasteiger partial charge in [0.15, 0.2) is 0 Å². The molecule has 0 saturated carbocycles. The number of aromatic nitrogens is 1. The molecule has 1 N–H and O–H groups in total. The molecule has 0 atom stereocenters. The van der Waals surface area contributed by atoms with E-state index in [-0.39, 0.29) is 24.9 Å². The molecule has 5 nitrogen and oxygen atoms in total. The number of amides is 1. The van der Waals surface area contributed by atoms with Crippen molar-refractivity contribution < 1.29 is 14.3 Å². The standard InChI is InChI=1S/C20H17IN2O3S/c1-13-5-7-16(8-6-13)22-18(24)10-19-23-17(12-27-19)11-26-20(25)14-3-2-4-15(21)9-14/h2-9,12H,10-11H2,1H3,(H,22,24). The quantitative estimate of drug-likeness (QED) is 0.404. The maximum Gasteiger partial charge on any atom is 0.338 e. The van der Waals surface area contributed by atoms with Gasteiger partial charge in [-0.25, -0.2) is 9.78 Å². The largest absolute Gasteiger partial charge is 0.456 e. The van der Waals surface area contributed by atoms with Crippen molar-refractivity contribution in [2.24, 2.45) is 0 Å². The molecule has 27 heavy (non-hydrogen) atoms. The van der Waals surface area contributed by atoms with Crippen molar-refractivity contribution in [1.82, 2.24) is 4.98 Å². The van der Waals surface area contributed by atoms with E-state index in [1.807, 2.05) is 43.3 Å². The van der Waals surface area contributed by atoms with Crippen LogP contribution in [-0.2, 0) is 22.6 Å². The average Bonchev–Trinajstić information content (AvgIpc) is 3.09. The Kier molecular flexibility index (Phi) is 6.57. The first-order valence-electron chi connectivity index (χ1n) is 8.22. The van der Waals surface area contributed by atoms with Crippen molar-refractivity contribution in [2.75, 3.05) is 5.32 Å². The minimum atomic E-state index is -0.389. The molecule has 0 unspecified atom stereocenters. The minimum Gasteiger partial charge on any atom is -0.456 e. The van der Waals surface area contributed by atoms with E-state index in [9.17, 15) is 9.59 Å². The van der Waals surface area contributed by atoms with Crippen molar-refractivity contribution in [3.63, 3.8) is 0 Å². The average molecular weight is 492 g/mol. The van der Waals surface area contributed by atoms with Gasteiger partial charge in [-0.15, -0.1) is 11.3 Å². The van der Waals surface area contributed by atoms with Crippen LogP contribution in [0.1, 0.15) is 26.6 Å². The van der Waals surface area contributed by atoms with Crippen molar-refractivity contribution in [3.8, 4) is 0 Å². The van der Waals surface area contributed by atoms with Gasteiger partial charge in [-0.2, -0.15) is 0 Å². The molecule has 0 spiro atoms. The number of carbonyl (C=O) groups excluding carboxylic acids is 2. The van der Waals surface area contributed by atoms with Crippen LogP contribution in [0.4, 0.5) is 5.69 Å². The van der Waals surface area contributed by atoms with Crippen molar-refractivity contribution >= 4 is 51.5 Å². The number of hydrogen-bond donors (Lipinski definition) is 1. The van der Waals surface area contributed by atoms with Crippen LogP contribution < -0.4 is 5.32 Å². The van der Waals surface area contributed by atoms with Crippen LogP contribution in [-0.4, -0.2) is 16.9 Å². The zero-order chi connectivity index (χ0) is 19.2. The number of nitrogens with zero attached hydrogens (tertiary/aromatic N) is 1. The summed E-state index contributed by atoms with van der Waals surface area (Å²) in [4.78, 5) is 28.6. The predicted octanol–water partition coefficient (Wildman–Crippen LogP) is 4.59. The van der Waals surface area contributed by atoms with E-state index in [0.29, 0.717) is 16.3 Å². The fourth-order valence-electron chi connectivity index (χ4n) is 2.31. The van der Waals surface area contributed by atoms with Crippen LogP contribution in [0.2, 0.25) is 0 Å². The Labute approximate surface area is 174 Å². The molecular weight excluding hydrogens is 475 g/mol. The fourth-order valence-corrected chi connectivity index (χ4v) is 3.63. The molecule has 0 saturated heterocycles. The number of esters is 1. The Hall–Kier alpha value is -2.26. The molecular formula is C20H17IN2O3S. The Morgan fingerprint density at radius 3 is 2.70 bits per heavy atom. The van der Waals surface area contributed by atoms with Crippen LogP contribution in [0.5, 0.6) is 0 Å². The highest BCUT2D eigenvalue weighted by atomic mass is 127. The molecule has 3 aromatic rings. The lowest BCUT2D eigenvalue weighted by Crippen LogP contribution is -2.14. The predicted molar refractivity (Wildman–Crippen MR) is 114 cm³/mol. The number of benzene rings is 2. The topological polar surface area (TPSA) is 68.3 Å². The monoisotopic (exact) mass is 492 g/mol. The summed E-state index contributed by atoms with van der Waals surface area (Å²) >= 11 is 3.52. The molecule has 3 rings (SSSR count).